The van der Waals surface area contributed by atoms with Gasteiger partial charge in [-0.05, 0) is 49.6 Å². The van der Waals surface area contributed by atoms with Crippen molar-refractivity contribution < 1.29 is 23.9 Å². The van der Waals surface area contributed by atoms with E-state index in [4.69, 9.17) is 21.1 Å². The van der Waals surface area contributed by atoms with Gasteiger partial charge in [0, 0.05) is 17.0 Å². The SMILES string of the molecule is CC(OC(=O)NCCC(Cc1ccccc1)C(=O)Oc1ccc(Cl)cc1)C(=O)C(C)(C)C. The van der Waals surface area contributed by atoms with Crippen molar-refractivity contribution in [2.45, 2.75) is 46.6 Å². The van der Waals surface area contributed by atoms with E-state index in [1.54, 1.807) is 52.0 Å². The van der Waals surface area contributed by atoms with Gasteiger partial charge in [-0.1, -0.05) is 62.7 Å². The lowest BCUT2D eigenvalue weighted by molar-refractivity contribution is -0.139. The Morgan fingerprint density at radius 1 is 1.00 bits per heavy atom. The van der Waals surface area contributed by atoms with Crippen molar-refractivity contribution >= 4 is 29.4 Å². The van der Waals surface area contributed by atoms with E-state index in [9.17, 15) is 14.4 Å². The maximum Gasteiger partial charge on any atom is 0.407 e. The summed E-state index contributed by atoms with van der Waals surface area (Å²) < 4.78 is 10.7. The van der Waals surface area contributed by atoms with Crippen LogP contribution >= 0.6 is 11.6 Å². The summed E-state index contributed by atoms with van der Waals surface area (Å²) in [4.78, 5) is 37.1. The van der Waals surface area contributed by atoms with Crippen molar-refractivity contribution in [3.63, 3.8) is 0 Å². The number of benzene rings is 2. The zero-order chi connectivity index (χ0) is 23.7. The van der Waals surface area contributed by atoms with Crippen LogP contribution in [0.2, 0.25) is 5.02 Å². The number of alkyl carbamates (subject to hydrolysis) is 1. The van der Waals surface area contributed by atoms with Crippen molar-refractivity contribution in [3.8, 4) is 5.75 Å². The van der Waals surface area contributed by atoms with Crippen LogP contribution in [0.15, 0.2) is 54.6 Å². The first-order valence-electron chi connectivity index (χ1n) is 10.6. The Morgan fingerprint density at radius 3 is 2.22 bits per heavy atom. The lowest BCUT2D eigenvalue weighted by atomic mass is 9.88. The minimum absolute atomic E-state index is 0.166. The summed E-state index contributed by atoms with van der Waals surface area (Å²) in [7, 11) is 0. The zero-order valence-electron chi connectivity index (χ0n) is 18.9. The Kier molecular flexibility index (Phi) is 9.27. The molecule has 172 valence electrons. The van der Waals surface area contributed by atoms with Gasteiger partial charge in [0.15, 0.2) is 11.9 Å². The van der Waals surface area contributed by atoms with Gasteiger partial charge in [0.1, 0.15) is 5.75 Å². The zero-order valence-corrected chi connectivity index (χ0v) is 19.6. The maximum atomic E-state index is 12.8. The van der Waals surface area contributed by atoms with Crippen LogP contribution in [0, 0.1) is 11.3 Å². The molecule has 0 aromatic heterocycles. The highest BCUT2D eigenvalue weighted by Crippen LogP contribution is 2.20. The highest BCUT2D eigenvalue weighted by atomic mass is 35.5. The van der Waals surface area contributed by atoms with Crippen LogP contribution in [0.4, 0.5) is 4.79 Å². The van der Waals surface area contributed by atoms with E-state index in [1.165, 1.54) is 0 Å². The van der Waals surface area contributed by atoms with Crippen LogP contribution < -0.4 is 10.1 Å². The molecule has 0 saturated carbocycles. The van der Waals surface area contributed by atoms with Crippen molar-refractivity contribution in [1.82, 2.24) is 5.32 Å². The topological polar surface area (TPSA) is 81.7 Å². The fraction of sp³-hybridized carbons (Fsp3) is 0.400. The average Bonchev–Trinajstić information content (AvgIpc) is 2.74. The van der Waals surface area contributed by atoms with Crippen molar-refractivity contribution in [2.24, 2.45) is 11.3 Å². The van der Waals surface area contributed by atoms with Gasteiger partial charge in [-0.2, -0.15) is 0 Å². The number of ketones is 1. The highest BCUT2D eigenvalue weighted by molar-refractivity contribution is 6.30. The molecule has 0 spiro atoms. The number of amides is 1. The Bertz CT molecular complexity index is 906. The summed E-state index contributed by atoms with van der Waals surface area (Å²) in [6.07, 6.45) is -0.745. The largest absolute Gasteiger partial charge is 0.439 e. The van der Waals surface area contributed by atoms with Crippen LogP contribution in [0.3, 0.4) is 0 Å². The van der Waals surface area contributed by atoms with E-state index in [1.807, 2.05) is 30.3 Å². The number of halogens is 1. The second-order valence-corrected chi connectivity index (χ2v) is 9.08. The molecule has 0 aliphatic carbocycles. The molecule has 2 aromatic rings. The summed E-state index contributed by atoms with van der Waals surface area (Å²) in [5.41, 5.74) is 0.379. The molecule has 0 radical (unpaired) electrons. The maximum absolute atomic E-state index is 12.8. The first-order valence-corrected chi connectivity index (χ1v) is 10.9. The third-order valence-electron chi connectivity index (χ3n) is 4.84. The van der Waals surface area contributed by atoms with Gasteiger partial charge in [0.25, 0.3) is 0 Å². The van der Waals surface area contributed by atoms with Crippen LogP contribution in [-0.2, 0) is 20.7 Å². The monoisotopic (exact) mass is 459 g/mol. The van der Waals surface area contributed by atoms with Gasteiger partial charge in [-0.3, -0.25) is 9.59 Å². The minimum atomic E-state index is -0.856. The Balaban J connectivity index is 1.95. The van der Waals surface area contributed by atoms with E-state index in [0.29, 0.717) is 23.6 Å². The van der Waals surface area contributed by atoms with Crippen molar-refractivity contribution in [1.29, 1.82) is 0 Å². The van der Waals surface area contributed by atoms with Gasteiger partial charge < -0.3 is 14.8 Å². The fourth-order valence-corrected chi connectivity index (χ4v) is 3.24. The van der Waals surface area contributed by atoms with Crippen molar-refractivity contribution in [2.75, 3.05) is 6.54 Å². The number of hydrogen-bond acceptors (Lipinski definition) is 5. The average molecular weight is 460 g/mol. The lowest BCUT2D eigenvalue weighted by Crippen LogP contribution is -2.38. The molecule has 2 aromatic carbocycles. The third kappa shape index (κ3) is 8.35. The van der Waals surface area contributed by atoms with E-state index in [2.05, 4.69) is 5.32 Å². The molecule has 0 aliphatic rings. The van der Waals surface area contributed by atoms with Crippen LogP contribution in [0.1, 0.15) is 39.7 Å². The molecule has 0 aliphatic heterocycles. The number of ether oxygens (including phenoxy) is 2. The highest BCUT2D eigenvalue weighted by Gasteiger charge is 2.29. The van der Waals surface area contributed by atoms with E-state index in [0.717, 1.165) is 5.56 Å². The van der Waals surface area contributed by atoms with Crippen LogP contribution in [0.25, 0.3) is 0 Å². The molecule has 0 fully saturated rings. The number of hydrogen-bond donors (Lipinski definition) is 1. The molecule has 1 amide bonds. The van der Waals surface area contributed by atoms with E-state index >= 15 is 0 Å². The fourth-order valence-electron chi connectivity index (χ4n) is 3.12. The van der Waals surface area contributed by atoms with Gasteiger partial charge in [-0.25, -0.2) is 4.79 Å². The Hall–Kier alpha value is -2.86. The third-order valence-corrected chi connectivity index (χ3v) is 5.10. The summed E-state index contributed by atoms with van der Waals surface area (Å²) in [5.74, 6) is -0.648. The first-order chi connectivity index (χ1) is 15.1. The molecule has 0 saturated heterocycles. The predicted octanol–water partition coefficient (Wildman–Crippen LogP) is 5.22. The number of carbonyl (C=O) groups is 3. The molecule has 2 atom stereocenters. The van der Waals surface area contributed by atoms with Gasteiger partial charge >= 0.3 is 12.1 Å². The summed E-state index contributed by atoms with van der Waals surface area (Å²) in [6.45, 7) is 7.06. The number of nitrogens with one attached hydrogen (secondary N) is 1. The minimum Gasteiger partial charge on any atom is -0.439 e. The van der Waals surface area contributed by atoms with E-state index in [-0.39, 0.29) is 12.3 Å². The molecule has 32 heavy (non-hydrogen) atoms. The van der Waals surface area contributed by atoms with Crippen molar-refractivity contribution in [3.05, 3.63) is 65.2 Å². The normalized spacial score (nSPS) is 13.0. The Morgan fingerprint density at radius 2 is 1.62 bits per heavy atom. The molecular weight excluding hydrogens is 430 g/mol. The quantitative estimate of drug-likeness (QED) is 0.410. The smallest absolute Gasteiger partial charge is 0.407 e. The molecule has 1 N–H and O–H groups in total. The predicted molar refractivity (Wildman–Crippen MR) is 124 cm³/mol. The molecular formula is C25H30ClNO5. The molecule has 0 bridgehead atoms. The van der Waals surface area contributed by atoms with Gasteiger partial charge in [0.2, 0.25) is 0 Å². The number of Topliss-reactive ketones (excluding diaryl/α,β-unsaturated/α-hetero) is 1. The molecule has 7 heteroatoms. The summed E-state index contributed by atoms with van der Waals surface area (Å²) >= 11 is 5.88. The Labute approximate surface area is 194 Å². The second kappa shape index (κ2) is 11.7. The number of carbonyl (C=O) groups excluding carboxylic acids is 3. The standard InChI is InChI=1S/C25H30ClNO5/c1-17(22(28)25(2,3)4)31-24(30)27-15-14-19(16-18-8-6-5-7-9-18)23(29)32-21-12-10-20(26)11-13-21/h5-13,17,19H,14-16H2,1-4H3,(H,27,30). The second-order valence-electron chi connectivity index (χ2n) is 8.64. The molecule has 2 rings (SSSR count). The van der Waals surface area contributed by atoms with Gasteiger partial charge in [-0.15, -0.1) is 0 Å². The van der Waals surface area contributed by atoms with Gasteiger partial charge in [0.05, 0.1) is 5.92 Å². The summed E-state index contributed by atoms with van der Waals surface area (Å²) in [6, 6.07) is 16.1. The number of rotatable bonds is 9. The lowest BCUT2D eigenvalue weighted by Gasteiger charge is -2.22. The van der Waals surface area contributed by atoms with Crippen LogP contribution in [0.5, 0.6) is 5.75 Å². The molecule has 0 heterocycles. The first kappa shape index (κ1) is 25.4. The van der Waals surface area contributed by atoms with Crippen LogP contribution in [-0.4, -0.2) is 30.5 Å². The van der Waals surface area contributed by atoms with E-state index < -0.39 is 29.5 Å². The molecule has 2 unspecified atom stereocenters. The molecule has 6 nitrogen and oxygen atoms in total. The number of esters is 1. The summed E-state index contributed by atoms with van der Waals surface area (Å²) in [5, 5.41) is 3.17.